The van der Waals surface area contributed by atoms with Crippen molar-refractivity contribution in [1.82, 2.24) is 19.7 Å². The Balaban J connectivity index is 1.76. The van der Waals surface area contributed by atoms with E-state index in [9.17, 15) is 15.1 Å². The molecule has 2 heterocycles. The van der Waals surface area contributed by atoms with Crippen LogP contribution in [0.2, 0.25) is 0 Å². The maximum absolute atomic E-state index is 15.9. The van der Waals surface area contributed by atoms with Crippen LogP contribution in [0, 0.1) is 12.7 Å². The van der Waals surface area contributed by atoms with Gasteiger partial charge in [0.1, 0.15) is 22.7 Å². The fraction of sp³-hybridized carbons (Fsp3) is 0.333. The number of amides is 2. The number of rotatable bonds is 4. The van der Waals surface area contributed by atoms with E-state index in [2.05, 4.69) is 5.10 Å². The van der Waals surface area contributed by atoms with E-state index in [0.29, 0.717) is 22.1 Å². The summed E-state index contributed by atoms with van der Waals surface area (Å²) in [6.45, 7) is 2.28. The number of carbonyl (C=O) groups excluding carboxylic acids is 1. The molecule has 2 amide bonds. The summed E-state index contributed by atoms with van der Waals surface area (Å²) in [5, 5.41) is 25.8. The van der Waals surface area contributed by atoms with Crippen LogP contribution in [0.3, 0.4) is 0 Å². The molecule has 1 fully saturated rings. The Labute approximate surface area is 191 Å². The first-order chi connectivity index (χ1) is 15.7. The van der Waals surface area contributed by atoms with E-state index in [1.54, 1.807) is 31.4 Å². The predicted molar refractivity (Wildman–Crippen MR) is 120 cm³/mol. The van der Waals surface area contributed by atoms with Gasteiger partial charge in [0, 0.05) is 25.7 Å². The quantitative estimate of drug-likeness (QED) is 0.463. The molecule has 4 rings (SSSR count). The standard InChI is InChI=1S/C24H27FN4O4/c1-16-4-6-17(7-5-16)21-20(25)22(26-29(21)18-8-10-19(33-3)11-9-18)24(31)12-14-28(15-13-24)23(30)27(2)32/h4-11,31-32H,12-15H2,1-3H3. The van der Waals surface area contributed by atoms with Crippen LogP contribution in [0.15, 0.2) is 48.5 Å². The summed E-state index contributed by atoms with van der Waals surface area (Å²) in [7, 11) is 2.81. The molecule has 2 aromatic carbocycles. The minimum absolute atomic E-state index is 0.0571. The van der Waals surface area contributed by atoms with Gasteiger partial charge in [0.15, 0.2) is 5.82 Å². The number of aryl methyl sites for hydroxylation is 1. The van der Waals surface area contributed by atoms with Gasteiger partial charge in [-0.1, -0.05) is 29.8 Å². The third-order valence-corrected chi connectivity index (χ3v) is 6.05. The van der Waals surface area contributed by atoms with E-state index in [-0.39, 0.29) is 37.3 Å². The van der Waals surface area contributed by atoms with Crippen LogP contribution in [-0.2, 0) is 5.60 Å². The topological polar surface area (TPSA) is 91.1 Å². The fourth-order valence-electron chi connectivity index (χ4n) is 4.08. The number of ether oxygens (including phenoxy) is 1. The normalized spacial score (nSPS) is 15.4. The SMILES string of the molecule is COc1ccc(-n2nc(C3(O)CCN(C(=O)N(C)O)CC3)c(F)c2-c2ccc(C)cc2)cc1. The summed E-state index contributed by atoms with van der Waals surface area (Å²) < 4.78 is 22.6. The Bertz CT molecular complexity index is 1130. The number of urea groups is 1. The number of hydrogen-bond donors (Lipinski definition) is 2. The molecule has 1 aliphatic rings. The smallest absolute Gasteiger partial charge is 0.343 e. The minimum atomic E-state index is -1.55. The van der Waals surface area contributed by atoms with Crippen molar-refractivity contribution < 1.29 is 24.2 Å². The first-order valence-corrected chi connectivity index (χ1v) is 10.7. The summed E-state index contributed by atoms with van der Waals surface area (Å²) in [4.78, 5) is 13.4. The summed E-state index contributed by atoms with van der Waals surface area (Å²) in [6.07, 6.45) is 0.187. The Morgan fingerprint density at radius 2 is 1.73 bits per heavy atom. The van der Waals surface area contributed by atoms with Crippen molar-refractivity contribution in [3.63, 3.8) is 0 Å². The zero-order valence-corrected chi connectivity index (χ0v) is 18.8. The molecule has 174 valence electrons. The highest BCUT2D eigenvalue weighted by atomic mass is 19.1. The zero-order valence-electron chi connectivity index (χ0n) is 18.8. The van der Waals surface area contributed by atoms with Crippen molar-refractivity contribution in [3.8, 4) is 22.7 Å². The average Bonchev–Trinajstić information content (AvgIpc) is 3.17. The number of nitrogens with zero attached hydrogens (tertiary/aromatic N) is 4. The molecule has 3 aromatic rings. The van der Waals surface area contributed by atoms with E-state index in [1.807, 2.05) is 31.2 Å². The number of benzene rings is 2. The molecular formula is C24H27FN4O4. The van der Waals surface area contributed by atoms with Gasteiger partial charge in [-0.15, -0.1) is 0 Å². The molecular weight excluding hydrogens is 427 g/mol. The van der Waals surface area contributed by atoms with Gasteiger partial charge >= 0.3 is 6.03 Å². The molecule has 0 atom stereocenters. The van der Waals surface area contributed by atoms with Gasteiger partial charge in [-0.2, -0.15) is 5.10 Å². The molecule has 1 aromatic heterocycles. The second-order valence-corrected chi connectivity index (χ2v) is 8.31. The van der Waals surface area contributed by atoms with Crippen LogP contribution in [0.5, 0.6) is 5.75 Å². The number of hydrogen-bond acceptors (Lipinski definition) is 5. The van der Waals surface area contributed by atoms with E-state index < -0.39 is 17.4 Å². The predicted octanol–water partition coefficient (Wildman–Crippen LogP) is 3.72. The van der Waals surface area contributed by atoms with Crippen LogP contribution in [0.25, 0.3) is 16.9 Å². The number of methoxy groups -OCH3 is 1. The molecule has 1 aliphatic heterocycles. The Morgan fingerprint density at radius 3 is 2.27 bits per heavy atom. The molecule has 0 spiro atoms. The molecule has 0 radical (unpaired) electrons. The van der Waals surface area contributed by atoms with Crippen molar-refractivity contribution in [1.29, 1.82) is 0 Å². The monoisotopic (exact) mass is 454 g/mol. The molecule has 2 N–H and O–H groups in total. The third-order valence-electron chi connectivity index (χ3n) is 6.05. The number of hydroxylamine groups is 2. The molecule has 0 saturated carbocycles. The number of aliphatic hydroxyl groups is 1. The van der Waals surface area contributed by atoms with Crippen molar-refractivity contribution in [2.75, 3.05) is 27.2 Å². The van der Waals surface area contributed by atoms with Gasteiger partial charge < -0.3 is 14.7 Å². The second kappa shape index (κ2) is 8.84. The molecule has 1 saturated heterocycles. The highest BCUT2D eigenvalue weighted by molar-refractivity contribution is 5.73. The van der Waals surface area contributed by atoms with Gasteiger partial charge in [0.25, 0.3) is 0 Å². The van der Waals surface area contributed by atoms with Crippen LogP contribution < -0.4 is 4.74 Å². The van der Waals surface area contributed by atoms with Gasteiger partial charge in [-0.25, -0.2) is 18.9 Å². The Morgan fingerprint density at radius 1 is 1.12 bits per heavy atom. The lowest BCUT2D eigenvalue weighted by Gasteiger charge is -2.37. The van der Waals surface area contributed by atoms with Crippen molar-refractivity contribution in [3.05, 3.63) is 65.6 Å². The zero-order chi connectivity index (χ0) is 23.8. The number of likely N-dealkylation sites (tertiary alicyclic amines) is 1. The van der Waals surface area contributed by atoms with Crippen LogP contribution in [-0.4, -0.2) is 63.3 Å². The van der Waals surface area contributed by atoms with Crippen LogP contribution in [0.4, 0.5) is 9.18 Å². The molecule has 0 bridgehead atoms. The number of halogens is 1. The fourth-order valence-corrected chi connectivity index (χ4v) is 4.08. The largest absolute Gasteiger partial charge is 0.497 e. The summed E-state index contributed by atoms with van der Waals surface area (Å²) in [5.41, 5.74) is 0.932. The molecule has 8 nitrogen and oxygen atoms in total. The summed E-state index contributed by atoms with van der Waals surface area (Å²) in [6, 6.07) is 13.9. The maximum Gasteiger partial charge on any atom is 0.343 e. The second-order valence-electron chi connectivity index (χ2n) is 8.31. The lowest BCUT2D eigenvalue weighted by atomic mass is 9.87. The van der Waals surface area contributed by atoms with E-state index in [1.165, 1.54) is 16.6 Å². The molecule has 0 unspecified atom stereocenters. The van der Waals surface area contributed by atoms with Crippen LogP contribution in [0.1, 0.15) is 24.1 Å². The Hall–Kier alpha value is -3.43. The highest BCUT2D eigenvalue weighted by Gasteiger charge is 2.41. The van der Waals surface area contributed by atoms with Crippen LogP contribution >= 0.6 is 0 Å². The highest BCUT2D eigenvalue weighted by Crippen LogP contribution is 2.38. The van der Waals surface area contributed by atoms with E-state index in [0.717, 1.165) is 5.56 Å². The Kier molecular flexibility index (Phi) is 6.09. The minimum Gasteiger partial charge on any atom is -0.497 e. The van der Waals surface area contributed by atoms with E-state index in [4.69, 9.17) is 4.74 Å². The maximum atomic E-state index is 15.9. The van der Waals surface area contributed by atoms with Gasteiger partial charge in [-0.05, 0) is 44.0 Å². The van der Waals surface area contributed by atoms with Crippen molar-refractivity contribution in [2.24, 2.45) is 0 Å². The first-order valence-electron chi connectivity index (χ1n) is 10.7. The summed E-state index contributed by atoms with van der Waals surface area (Å²) in [5.74, 6) is 0.0595. The van der Waals surface area contributed by atoms with Gasteiger partial charge in [0.05, 0.1) is 12.8 Å². The molecule has 0 aliphatic carbocycles. The lowest BCUT2D eigenvalue weighted by Crippen LogP contribution is -2.48. The number of piperidine rings is 1. The lowest BCUT2D eigenvalue weighted by molar-refractivity contribution is -0.0579. The van der Waals surface area contributed by atoms with Gasteiger partial charge in [0.2, 0.25) is 0 Å². The van der Waals surface area contributed by atoms with Crippen molar-refractivity contribution >= 4 is 6.03 Å². The molecule has 9 heteroatoms. The van der Waals surface area contributed by atoms with Crippen molar-refractivity contribution in [2.45, 2.75) is 25.4 Å². The summed E-state index contributed by atoms with van der Waals surface area (Å²) >= 11 is 0. The third kappa shape index (κ3) is 4.29. The molecule has 33 heavy (non-hydrogen) atoms. The average molecular weight is 455 g/mol. The number of aromatic nitrogens is 2. The van der Waals surface area contributed by atoms with E-state index >= 15 is 4.39 Å². The van der Waals surface area contributed by atoms with Gasteiger partial charge in [-0.3, -0.25) is 5.21 Å². The number of carbonyl (C=O) groups is 1. The first kappa shape index (κ1) is 22.8.